The fraction of sp³-hybridized carbons (Fsp3) is 0.0690. The van der Waals surface area contributed by atoms with Crippen LogP contribution in [0.15, 0.2) is 176 Å². The Morgan fingerprint density at radius 3 is 0.908 bits per heavy atom. The molecule has 0 unspecified atom stereocenters. The zero-order chi connectivity index (χ0) is 43.0. The van der Waals surface area contributed by atoms with Crippen LogP contribution >= 0.6 is 0 Å². The Labute approximate surface area is 381 Å². The van der Waals surface area contributed by atoms with E-state index in [1.54, 1.807) is 0 Å². The third-order valence-electron chi connectivity index (χ3n) is 15.4. The second-order valence-corrected chi connectivity index (χ2v) is 19.1. The van der Waals surface area contributed by atoms with E-state index in [1.807, 2.05) is 0 Å². The van der Waals surface area contributed by atoms with Gasteiger partial charge in [0.1, 0.15) is 0 Å². The molecule has 0 saturated carbocycles. The minimum absolute atomic E-state index is 0.0577. The monoisotopic (exact) mass is 826 g/mol. The van der Waals surface area contributed by atoms with Crippen LogP contribution in [-0.2, 0) is 0 Å². The van der Waals surface area contributed by atoms with E-state index in [0.29, 0.717) is 0 Å². The van der Waals surface area contributed by atoms with Crippen molar-refractivity contribution in [2.75, 3.05) is 19.6 Å². The van der Waals surface area contributed by atoms with Crippen LogP contribution < -0.4 is 68.8 Å². The van der Waals surface area contributed by atoms with Crippen molar-refractivity contribution < 1.29 is 0 Å². The summed E-state index contributed by atoms with van der Waals surface area (Å²) in [4.78, 5) is 10.3. The largest absolute Gasteiger partial charge is 0.312 e. The van der Waals surface area contributed by atoms with Gasteiger partial charge < -0.3 is 19.6 Å². The average molecular weight is 826 g/mol. The van der Waals surface area contributed by atoms with Gasteiger partial charge in [-0.15, -0.1) is 0 Å². The van der Waals surface area contributed by atoms with E-state index < -0.39 is 0 Å². The molecule has 0 saturated heterocycles. The highest BCUT2D eigenvalue weighted by Gasteiger charge is 2.52. The summed E-state index contributed by atoms with van der Waals surface area (Å²) >= 11 is 0. The molecule has 0 N–H and O–H groups in total. The first kappa shape index (κ1) is 35.8. The van der Waals surface area contributed by atoms with E-state index in [4.69, 9.17) is 0 Å². The molecule has 0 aliphatic carbocycles. The maximum absolute atomic E-state index is 2.64. The molecule has 15 rings (SSSR count). The fourth-order valence-corrected chi connectivity index (χ4v) is 12.9. The second kappa shape index (κ2) is 12.5. The minimum Gasteiger partial charge on any atom is -0.312 e. The Morgan fingerprint density at radius 1 is 0.262 bits per heavy atom. The lowest BCUT2D eigenvalue weighted by atomic mass is 9.27. The summed E-state index contributed by atoms with van der Waals surface area (Å²) in [6, 6.07) is 67.8. The van der Waals surface area contributed by atoms with E-state index in [-0.39, 0.29) is 20.1 Å². The first-order valence-electron chi connectivity index (χ1n) is 23.1. The molecule has 0 radical (unpaired) electrons. The molecule has 0 spiro atoms. The Balaban J connectivity index is 1.00. The van der Waals surface area contributed by atoms with Crippen molar-refractivity contribution in [1.29, 1.82) is 0 Å². The van der Waals surface area contributed by atoms with Gasteiger partial charge in [0.2, 0.25) is 0 Å². The zero-order valence-corrected chi connectivity index (χ0v) is 36.8. The number of hydrogen-bond acceptors (Lipinski definition) is 4. The quantitative estimate of drug-likeness (QED) is 0.163. The predicted molar refractivity (Wildman–Crippen MR) is 278 cm³/mol. The number of anilines is 12. The number of para-hydroxylation sites is 2. The molecule has 0 atom stereocenters. The van der Waals surface area contributed by atoms with Gasteiger partial charge in [-0.25, -0.2) is 0 Å². The Bertz CT molecular complexity index is 3370. The molecule has 0 aromatic heterocycles. The summed E-state index contributed by atoms with van der Waals surface area (Å²) in [7, 11) is 0. The van der Waals surface area contributed by atoms with Crippen molar-refractivity contribution in [1.82, 2.24) is 0 Å². The molecule has 7 heteroatoms. The molecule has 6 aliphatic rings. The number of hydrogen-bond donors (Lipinski definition) is 0. The van der Waals surface area contributed by atoms with Gasteiger partial charge in [0, 0.05) is 68.2 Å². The van der Waals surface area contributed by atoms with E-state index in [1.165, 1.54) is 140 Å². The van der Waals surface area contributed by atoms with E-state index in [2.05, 4.69) is 223 Å². The van der Waals surface area contributed by atoms with Crippen LogP contribution in [0, 0.1) is 27.7 Å². The van der Waals surface area contributed by atoms with Crippen molar-refractivity contribution >= 4 is 138 Å². The average Bonchev–Trinajstić information content (AvgIpc) is 3.33. The summed E-state index contributed by atoms with van der Waals surface area (Å²) in [5, 5.41) is 0. The number of nitrogens with zero attached hydrogens (tertiary/aromatic N) is 4. The van der Waals surface area contributed by atoms with Gasteiger partial charge >= 0.3 is 0 Å². The molecule has 4 nitrogen and oxygen atoms in total. The maximum Gasteiger partial charge on any atom is 0.252 e. The molecular weight excluding hydrogens is 785 g/mol. The highest BCUT2D eigenvalue weighted by Crippen LogP contribution is 2.49. The summed E-state index contributed by atoms with van der Waals surface area (Å²) in [5.41, 5.74) is 32.6. The Morgan fingerprint density at radius 2 is 0.554 bits per heavy atom. The van der Waals surface area contributed by atoms with Gasteiger partial charge in [-0.3, -0.25) is 0 Å². The van der Waals surface area contributed by atoms with E-state index >= 15 is 0 Å². The summed E-state index contributed by atoms with van der Waals surface area (Å²) in [6.45, 7) is 9.05. The smallest absolute Gasteiger partial charge is 0.252 e. The zero-order valence-electron chi connectivity index (χ0n) is 36.8. The lowest BCUT2D eigenvalue weighted by Gasteiger charge is -2.51. The molecular formula is C58H41B3N4. The molecule has 9 aromatic carbocycles. The molecule has 302 valence electrons. The number of rotatable bonds is 2. The van der Waals surface area contributed by atoms with Crippen LogP contribution in [0.25, 0.3) is 0 Å². The van der Waals surface area contributed by atoms with Crippen molar-refractivity contribution in [2.45, 2.75) is 27.7 Å². The molecule has 0 amide bonds. The first-order chi connectivity index (χ1) is 31.9. The van der Waals surface area contributed by atoms with Gasteiger partial charge in [0.15, 0.2) is 0 Å². The number of fused-ring (bicyclic) bond motifs is 12. The highest BCUT2D eigenvalue weighted by molar-refractivity contribution is 7.06. The molecule has 9 aromatic rings. The second-order valence-electron chi connectivity index (χ2n) is 19.1. The van der Waals surface area contributed by atoms with Crippen LogP contribution in [0.4, 0.5) is 68.2 Å². The van der Waals surface area contributed by atoms with Crippen molar-refractivity contribution in [3.05, 3.63) is 198 Å². The molecule has 65 heavy (non-hydrogen) atoms. The summed E-state index contributed by atoms with van der Waals surface area (Å²) in [6.07, 6.45) is 0. The lowest BCUT2D eigenvalue weighted by Crippen LogP contribution is -2.70. The topological polar surface area (TPSA) is 13.0 Å². The standard InChI is InChI=1S/C58H41B3N4/c1-34-20-26-38(27-21-34)62-46-30-24-36(3)32-44(46)60-42-12-5-10-40-57(42)64(50-16-7-14-48(62)54(50)60)52-18-9-19-53-56(52)59(40)41-11-6-13-43-58(41)65(53)51-17-8-15-49-55(51)61(43)45-33-37(4)25-31-47(45)63(49)39-28-22-35(2)23-29-39/h5-33H,1-4H3. The number of benzene rings is 9. The van der Waals surface area contributed by atoms with Gasteiger partial charge in [0.05, 0.1) is 0 Å². The molecule has 6 aliphatic heterocycles. The third kappa shape index (κ3) is 4.50. The van der Waals surface area contributed by atoms with Gasteiger partial charge in [0.25, 0.3) is 20.1 Å². The van der Waals surface area contributed by atoms with Crippen LogP contribution in [0.5, 0.6) is 0 Å². The van der Waals surface area contributed by atoms with E-state index in [0.717, 1.165) is 0 Å². The Kier molecular flexibility index (Phi) is 6.91. The van der Waals surface area contributed by atoms with Gasteiger partial charge in [-0.05, 0) is 150 Å². The normalized spacial score (nSPS) is 14.6. The van der Waals surface area contributed by atoms with Crippen LogP contribution in [-0.4, -0.2) is 20.1 Å². The molecule has 0 bridgehead atoms. The molecule has 6 heterocycles. The van der Waals surface area contributed by atoms with Crippen molar-refractivity contribution in [3.63, 3.8) is 0 Å². The third-order valence-corrected chi connectivity index (χ3v) is 15.4. The maximum atomic E-state index is 2.64. The highest BCUT2D eigenvalue weighted by atomic mass is 15.2. The van der Waals surface area contributed by atoms with Crippen LogP contribution in [0.2, 0.25) is 0 Å². The summed E-state index contributed by atoms with van der Waals surface area (Å²) < 4.78 is 0. The SMILES string of the molecule is Cc1ccc(N2c3ccc(C)cc3B3c4cccc5c4N(c4cccc2c43)c2cccc3c2B5c2cccc4c2N3c2cccc3c2B4c2cc(C)ccc2N3c2ccc(C)cc2)cc1. The van der Waals surface area contributed by atoms with Crippen molar-refractivity contribution in [3.8, 4) is 0 Å². The fourth-order valence-electron chi connectivity index (χ4n) is 12.9. The Hall–Kier alpha value is -7.63. The van der Waals surface area contributed by atoms with Crippen LogP contribution in [0.3, 0.4) is 0 Å². The summed E-state index contributed by atoms with van der Waals surface area (Å²) in [5.74, 6) is 0. The molecule has 0 fully saturated rings. The van der Waals surface area contributed by atoms with Gasteiger partial charge in [-0.1, -0.05) is 125 Å². The van der Waals surface area contributed by atoms with Crippen LogP contribution in [0.1, 0.15) is 22.3 Å². The first-order valence-corrected chi connectivity index (χ1v) is 23.1. The minimum atomic E-state index is 0.0577. The lowest BCUT2D eigenvalue weighted by molar-refractivity contribution is 1.23. The van der Waals surface area contributed by atoms with E-state index in [9.17, 15) is 0 Å². The van der Waals surface area contributed by atoms with Crippen molar-refractivity contribution in [2.24, 2.45) is 0 Å². The van der Waals surface area contributed by atoms with Gasteiger partial charge in [-0.2, -0.15) is 0 Å². The number of aryl methyl sites for hydroxylation is 4. The predicted octanol–water partition coefficient (Wildman–Crippen LogP) is 8.23.